The summed E-state index contributed by atoms with van der Waals surface area (Å²) in [6.45, 7) is 2.70. The highest BCUT2D eigenvalue weighted by Crippen LogP contribution is 2.35. The van der Waals surface area contributed by atoms with Crippen LogP contribution in [0.25, 0.3) is 33.6 Å². The zero-order valence-electron chi connectivity index (χ0n) is 40.1. The van der Waals surface area contributed by atoms with Crippen molar-refractivity contribution in [1.82, 2.24) is 59.5 Å². The minimum absolute atomic E-state index is 0.00211. The Morgan fingerprint density at radius 1 is 0.625 bits per heavy atom. The Kier molecular flexibility index (Phi) is 14.4. The van der Waals surface area contributed by atoms with E-state index in [1.165, 1.54) is 5.56 Å². The fourth-order valence-electron chi connectivity index (χ4n) is 10.0. The summed E-state index contributed by atoms with van der Waals surface area (Å²) in [5.74, 6) is 1.12. The van der Waals surface area contributed by atoms with Crippen molar-refractivity contribution in [3.05, 3.63) is 181 Å². The summed E-state index contributed by atoms with van der Waals surface area (Å²) in [6, 6.07) is 34.8. The van der Waals surface area contributed by atoms with Crippen molar-refractivity contribution in [3.8, 4) is 33.6 Å². The molecule has 368 valence electrons. The van der Waals surface area contributed by atoms with Crippen LogP contribution in [0.2, 0.25) is 0 Å². The molecule has 10 rings (SSSR count). The van der Waals surface area contributed by atoms with Gasteiger partial charge < -0.3 is 44.1 Å². The van der Waals surface area contributed by atoms with Gasteiger partial charge in [-0.25, -0.2) is 24.7 Å². The highest BCUT2D eigenvalue weighted by atomic mass is 16.5. The van der Waals surface area contributed by atoms with Crippen LogP contribution in [-0.4, -0.2) is 111 Å². The van der Waals surface area contributed by atoms with Crippen molar-refractivity contribution >= 4 is 17.9 Å². The van der Waals surface area contributed by atoms with Gasteiger partial charge in [-0.2, -0.15) is 0 Å². The monoisotopic (exact) mass is 966 g/mol. The summed E-state index contributed by atoms with van der Waals surface area (Å²) < 4.78 is 9.31. The molecule has 3 amide bonds. The van der Waals surface area contributed by atoms with Gasteiger partial charge in [0.05, 0.1) is 72.7 Å². The number of carboxylic acid groups (broad SMARTS) is 1. The van der Waals surface area contributed by atoms with Crippen LogP contribution in [0.15, 0.2) is 147 Å². The molecule has 0 saturated carbocycles. The maximum atomic E-state index is 14.2. The average molecular weight is 967 g/mol. The number of ether oxygens (including phenoxy) is 1. The third-order valence-electron chi connectivity index (χ3n) is 13.6. The Morgan fingerprint density at radius 2 is 1.07 bits per heavy atom. The maximum Gasteiger partial charge on any atom is 0.405 e. The van der Waals surface area contributed by atoms with Gasteiger partial charge in [-0.1, -0.05) is 109 Å². The van der Waals surface area contributed by atoms with Crippen LogP contribution in [0.5, 0.6) is 0 Å². The predicted octanol–water partition coefficient (Wildman–Crippen LogP) is 7.63. The number of aromatic nitrogens is 8. The fraction of sp³-hybridized carbons (Fsp3) is 0.291. The van der Waals surface area contributed by atoms with Gasteiger partial charge >= 0.3 is 6.09 Å². The Morgan fingerprint density at radius 3 is 1.53 bits per heavy atom. The summed E-state index contributed by atoms with van der Waals surface area (Å²) in [5, 5.41) is 15.5. The third-order valence-corrected chi connectivity index (χ3v) is 13.6. The number of hydrogen-bond donors (Lipinski definition) is 5. The van der Waals surface area contributed by atoms with Gasteiger partial charge in [0.1, 0.15) is 17.7 Å². The molecule has 0 spiro atoms. The molecule has 2 aliphatic heterocycles. The van der Waals surface area contributed by atoms with Crippen LogP contribution in [0.4, 0.5) is 4.79 Å². The smallest absolute Gasteiger partial charge is 0.405 e. The Labute approximate surface area is 417 Å². The van der Waals surface area contributed by atoms with Crippen LogP contribution in [0, 0.1) is 0 Å². The number of rotatable bonds is 19. The molecule has 8 aromatic rings. The number of nitrogens with one attached hydrogen (secondary N) is 4. The molecule has 17 heteroatoms. The van der Waals surface area contributed by atoms with Crippen molar-refractivity contribution < 1.29 is 24.2 Å². The molecule has 0 radical (unpaired) electrons. The highest BCUT2D eigenvalue weighted by Gasteiger charge is 2.38. The Hall–Kier alpha value is -8.15. The van der Waals surface area contributed by atoms with Gasteiger partial charge in [0.2, 0.25) is 11.8 Å². The SMILES string of the molecule is COCN[C@@H](Cc1cn(Cc2ccccc2)cn1)C(=O)N1CCC[C@H]1c1ncc(-c2ccc(-c3ccc(-c4cnc([C@@H]5CCCN5C(=O)[C@H](Cc5cn(Cc6ccccc6)cn5)NC(=O)O)[nH]4)cc3)cc2)[nH]1. The van der Waals surface area contributed by atoms with Gasteiger partial charge in [-0.15, -0.1) is 0 Å². The van der Waals surface area contributed by atoms with Gasteiger partial charge in [-0.3, -0.25) is 14.9 Å². The van der Waals surface area contributed by atoms with Crippen LogP contribution in [0.3, 0.4) is 0 Å². The fourth-order valence-corrected chi connectivity index (χ4v) is 10.0. The van der Waals surface area contributed by atoms with Crippen molar-refractivity contribution in [2.45, 2.75) is 75.8 Å². The number of imidazole rings is 4. The lowest BCUT2D eigenvalue weighted by Gasteiger charge is -2.28. The Bertz CT molecular complexity index is 3070. The molecular formula is C55H58N12O5. The van der Waals surface area contributed by atoms with E-state index in [-0.39, 0.29) is 37.0 Å². The van der Waals surface area contributed by atoms with E-state index in [2.05, 4.69) is 79.1 Å². The third kappa shape index (κ3) is 11.1. The van der Waals surface area contributed by atoms with E-state index in [0.717, 1.165) is 70.0 Å². The molecule has 4 aromatic carbocycles. The molecule has 72 heavy (non-hydrogen) atoms. The number of carbonyl (C=O) groups excluding carboxylic acids is 2. The summed E-state index contributed by atoms with van der Waals surface area (Å²) in [4.78, 5) is 69.4. The van der Waals surface area contributed by atoms with E-state index in [0.29, 0.717) is 50.5 Å². The van der Waals surface area contributed by atoms with Crippen LogP contribution in [-0.2, 0) is 40.3 Å². The quantitative estimate of drug-likeness (QED) is 0.0501. The molecule has 0 aliphatic carbocycles. The second-order valence-electron chi connectivity index (χ2n) is 18.5. The number of H-pyrrole nitrogens is 2. The lowest BCUT2D eigenvalue weighted by Crippen LogP contribution is -2.49. The molecule has 2 aliphatic rings. The molecule has 2 fully saturated rings. The summed E-state index contributed by atoms with van der Waals surface area (Å²) >= 11 is 0. The van der Waals surface area contributed by atoms with E-state index in [1.54, 1.807) is 24.5 Å². The summed E-state index contributed by atoms with van der Waals surface area (Å²) in [5.41, 5.74) is 9.47. The number of likely N-dealkylation sites (tertiary alicyclic amines) is 2. The molecule has 2 saturated heterocycles. The van der Waals surface area contributed by atoms with E-state index in [1.807, 2.05) is 99.6 Å². The second kappa shape index (κ2) is 21.9. The molecule has 6 heterocycles. The average Bonchev–Trinajstić information content (AvgIpc) is 4.28. The largest absolute Gasteiger partial charge is 0.465 e. The molecule has 0 bridgehead atoms. The number of carbonyl (C=O) groups is 3. The van der Waals surface area contributed by atoms with Gasteiger partial charge in [0.15, 0.2) is 0 Å². The summed E-state index contributed by atoms with van der Waals surface area (Å²) in [7, 11) is 1.61. The number of nitrogens with zero attached hydrogens (tertiary/aromatic N) is 8. The van der Waals surface area contributed by atoms with Crippen molar-refractivity contribution in [2.75, 3.05) is 26.9 Å². The molecule has 4 atom stereocenters. The first kappa shape index (κ1) is 47.5. The topological polar surface area (TPSA) is 204 Å². The maximum absolute atomic E-state index is 14.2. The normalized spacial score (nSPS) is 16.5. The first-order chi connectivity index (χ1) is 35.2. The van der Waals surface area contributed by atoms with Gasteiger partial charge in [-0.05, 0) is 59.1 Å². The lowest BCUT2D eigenvalue weighted by atomic mass is 10.0. The minimum Gasteiger partial charge on any atom is -0.465 e. The van der Waals surface area contributed by atoms with E-state index < -0.39 is 18.2 Å². The second-order valence-corrected chi connectivity index (χ2v) is 18.5. The van der Waals surface area contributed by atoms with Gasteiger partial charge in [0, 0.05) is 58.5 Å². The van der Waals surface area contributed by atoms with E-state index in [4.69, 9.17) is 14.7 Å². The molecule has 4 aromatic heterocycles. The molecule has 0 unspecified atom stereocenters. The number of benzene rings is 4. The standard InChI is InChI=1S/C55H58N12O5/c1-72-36-60-45(26-43-32-64(34-58-43)30-37-10-4-2-5-11-37)53(68)66-24-8-14-49(66)51-56-28-47(61-51)41-20-16-39(17-21-41)40-18-22-42(23-19-40)48-29-57-52(62-48)50-15-9-25-67(50)54(69)46(63-55(70)71)27-44-33-65(35-59-44)31-38-12-6-3-7-13-38/h2-7,10-13,16-23,28-29,32-35,45-46,49-50,60,63H,8-9,14-15,24-27,30-31,36H2,1H3,(H,56,61)(H,57,62)(H,70,71)/t45-,46-,49-,50-/m0/s1. The number of hydrogen-bond acceptors (Lipinski definition) is 9. The van der Waals surface area contributed by atoms with Gasteiger partial charge in [0.25, 0.3) is 0 Å². The zero-order chi connectivity index (χ0) is 49.4. The lowest BCUT2D eigenvalue weighted by molar-refractivity contribution is -0.135. The van der Waals surface area contributed by atoms with Crippen molar-refractivity contribution in [2.24, 2.45) is 0 Å². The highest BCUT2D eigenvalue weighted by molar-refractivity contribution is 5.86. The Balaban J connectivity index is 0.759. The number of methoxy groups -OCH3 is 1. The van der Waals surface area contributed by atoms with Crippen LogP contribution < -0.4 is 10.6 Å². The van der Waals surface area contributed by atoms with Crippen molar-refractivity contribution in [3.63, 3.8) is 0 Å². The number of aromatic amines is 2. The molecular weight excluding hydrogens is 909 g/mol. The molecule has 17 nitrogen and oxygen atoms in total. The van der Waals surface area contributed by atoms with E-state index in [9.17, 15) is 19.5 Å². The van der Waals surface area contributed by atoms with E-state index >= 15 is 0 Å². The number of amides is 3. The first-order valence-corrected chi connectivity index (χ1v) is 24.5. The predicted molar refractivity (Wildman–Crippen MR) is 271 cm³/mol. The summed E-state index contributed by atoms with van der Waals surface area (Å²) in [6.07, 6.45) is 13.5. The first-order valence-electron chi connectivity index (χ1n) is 24.5. The minimum atomic E-state index is -1.26. The zero-order valence-corrected chi connectivity index (χ0v) is 40.1. The van der Waals surface area contributed by atoms with Crippen molar-refractivity contribution in [1.29, 1.82) is 0 Å². The van der Waals surface area contributed by atoms with Crippen LogP contribution >= 0.6 is 0 Å². The van der Waals surface area contributed by atoms with Crippen LogP contribution in [0.1, 0.15) is 71.9 Å². The molecule has 5 N–H and O–H groups in total.